The molecule has 0 bridgehead atoms. The van der Waals surface area contributed by atoms with Gasteiger partial charge in [-0.3, -0.25) is 0 Å². The lowest BCUT2D eigenvalue weighted by Crippen LogP contribution is -2.41. The van der Waals surface area contributed by atoms with Crippen molar-refractivity contribution < 1.29 is 9.31 Å². The molecule has 0 atom stereocenters. The van der Waals surface area contributed by atoms with E-state index in [4.69, 9.17) is 9.31 Å². The Balaban J connectivity index is 1.64. The van der Waals surface area contributed by atoms with E-state index < -0.39 is 0 Å². The molecule has 0 radical (unpaired) electrons. The van der Waals surface area contributed by atoms with Gasteiger partial charge in [0, 0.05) is 6.32 Å². The van der Waals surface area contributed by atoms with Crippen LogP contribution in [0.1, 0.15) is 33.3 Å². The maximum absolute atomic E-state index is 6.22. The molecule has 0 N–H and O–H groups in total. The van der Waals surface area contributed by atoms with Crippen LogP contribution in [0.25, 0.3) is 32.3 Å². The van der Waals surface area contributed by atoms with E-state index in [9.17, 15) is 0 Å². The van der Waals surface area contributed by atoms with Gasteiger partial charge in [-0.2, -0.15) is 0 Å². The Morgan fingerprint density at radius 3 is 1.54 bits per heavy atom. The van der Waals surface area contributed by atoms with E-state index >= 15 is 0 Å². The van der Waals surface area contributed by atoms with Gasteiger partial charge in [0.05, 0.1) is 11.2 Å². The van der Waals surface area contributed by atoms with Crippen LogP contribution in [0.4, 0.5) is 0 Å². The maximum atomic E-state index is 6.22. The molecule has 0 unspecified atom stereocenters. The Hall–Kier alpha value is -2.36. The summed E-state index contributed by atoms with van der Waals surface area (Å²) < 4.78 is 12.4. The smallest absolute Gasteiger partial charge is 0.403 e. The van der Waals surface area contributed by atoms with Gasteiger partial charge in [-0.1, -0.05) is 66.7 Å². The maximum Gasteiger partial charge on any atom is 0.462 e. The molecule has 2 nitrogen and oxygen atoms in total. The van der Waals surface area contributed by atoms with Crippen molar-refractivity contribution in [1.29, 1.82) is 0 Å². The van der Waals surface area contributed by atoms with Crippen LogP contribution in [-0.2, 0) is 15.6 Å². The van der Waals surface area contributed by atoms with E-state index in [2.05, 4.69) is 94.4 Å². The molecule has 5 rings (SSSR count). The van der Waals surface area contributed by atoms with Crippen LogP contribution in [0.3, 0.4) is 0 Å². The molecule has 140 valence electrons. The molecule has 3 heteroatoms. The van der Waals surface area contributed by atoms with Gasteiger partial charge in [0.2, 0.25) is 0 Å². The Morgan fingerprint density at radius 1 is 0.607 bits per heavy atom. The second-order valence-corrected chi connectivity index (χ2v) is 8.86. The molecule has 4 aromatic rings. The quantitative estimate of drug-likeness (QED) is 0.304. The minimum atomic E-state index is -0.294. The van der Waals surface area contributed by atoms with Crippen molar-refractivity contribution in [1.82, 2.24) is 0 Å². The molecule has 1 fully saturated rings. The first-order valence-corrected chi connectivity index (χ1v) is 10.0. The van der Waals surface area contributed by atoms with Crippen LogP contribution >= 0.6 is 0 Å². The predicted molar refractivity (Wildman–Crippen MR) is 119 cm³/mol. The number of hydrogen-bond acceptors (Lipinski definition) is 2. The largest absolute Gasteiger partial charge is 0.462 e. The summed E-state index contributed by atoms with van der Waals surface area (Å²) in [7, 11) is -0.214. The third-order valence-electron chi connectivity index (χ3n) is 6.51. The normalized spacial score (nSPS) is 18.4. The van der Waals surface area contributed by atoms with Gasteiger partial charge in [0.25, 0.3) is 0 Å². The van der Waals surface area contributed by atoms with Crippen molar-refractivity contribution in [2.45, 2.75) is 45.2 Å². The molecule has 0 saturated carbocycles. The fraction of sp³-hybridized carbons (Fsp3) is 0.280. The molecule has 28 heavy (non-hydrogen) atoms. The molecule has 0 amide bonds. The minimum absolute atomic E-state index is 0.214. The van der Waals surface area contributed by atoms with Crippen molar-refractivity contribution in [3.05, 3.63) is 72.3 Å². The van der Waals surface area contributed by atoms with Gasteiger partial charge in [0.1, 0.15) is 0 Å². The third kappa shape index (κ3) is 2.65. The number of benzene rings is 4. The summed E-state index contributed by atoms with van der Waals surface area (Å²) in [5.74, 6) is 0. The summed E-state index contributed by atoms with van der Waals surface area (Å²) in [5.41, 5.74) is 0.654. The minimum Gasteiger partial charge on any atom is -0.403 e. The Morgan fingerprint density at radius 2 is 1.04 bits per heavy atom. The van der Waals surface area contributed by atoms with Crippen molar-refractivity contribution in [3.8, 4) is 0 Å². The standard InChI is InChI=1S/C25H25BO2/c1-24(2)25(3,4)28-26(27-24)16-17-13-14-22-20-11-6-5-9-18(20)19-10-7-8-12-21(19)23(22)15-17/h5-15H,16H2,1-4H3. The predicted octanol–water partition coefficient (Wildman–Crippen LogP) is 6.32. The zero-order valence-electron chi connectivity index (χ0n) is 17.0. The third-order valence-corrected chi connectivity index (χ3v) is 6.51. The second kappa shape index (κ2) is 6.07. The average molecular weight is 368 g/mol. The summed E-state index contributed by atoms with van der Waals surface area (Å²) in [6, 6.07) is 24.1. The van der Waals surface area contributed by atoms with E-state index in [0.717, 1.165) is 6.32 Å². The van der Waals surface area contributed by atoms with E-state index in [-0.39, 0.29) is 18.3 Å². The lowest BCUT2D eigenvalue weighted by molar-refractivity contribution is 0.00578. The van der Waals surface area contributed by atoms with Crippen molar-refractivity contribution >= 4 is 39.4 Å². The SMILES string of the molecule is CC1(C)OB(Cc2ccc3c4ccccc4c4ccccc4c3c2)OC1(C)C. The molecular weight excluding hydrogens is 343 g/mol. The van der Waals surface area contributed by atoms with Gasteiger partial charge in [0.15, 0.2) is 0 Å². The van der Waals surface area contributed by atoms with Crippen LogP contribution in [0.2, 0.25) is 0 Å². The lowest BCUT2D eigenvalue weighted by atomic mass is 9.80. The number of fused-ring (bicyclic) bond motifs is 6. The zero-order chi connectivity index (χ0) is 19.5. The summed E-state index contributed by atoms with van der Waals surface area (Å²) >= 11 is 0. The van der Waals surface area contributed by atoms with E-state index in [1.54, 1.807) is 0 Å². The van der Waals surface area contributed by atoms with Gasteiger partial charge in [-0.05, 0) is 65.6 Å². The van der Waals surface area contributed by atoms with Crippen LogP contribution < -0.4 is 0 Å². The van der Waals surface area contributed by atoms with E-state index in [0.29, 0.717) is 0 Å². The molecule has 1 saturated heterocycles. The monoisotopic (exact) mass is 368 g/mol. The van der Waals surface area contributed by atoms with Crippen LogP contribution in [0.5, 0.6) is 0 Å². The van der Waals surface area contributed by atoms with Crippen molar-refractivity contribution in [2.75, 3.05) is 0 Å². The van der Waals surface area contributed by atoms with Crippen LogP contribution in [0, 0.1) is 0 Å². The van der Waals surface area contributed by atoms with Gasteiger partial charge >= 0.3 is 7.12 Å². The second-order valence-electron chi connectivity index (χ2n) is 8.86. The Kier molecular flexibility index (Phi) is 3.84. The molecule has 0 aromatic heterocycles. The summed E-state index contributed by atoms with van der Waals surface area (Å²) in [6.45, 7) is 8.42. The highest BCUT2D eigenvalue weighted by atomic mass is 16.7. The number of rotatable bonds is 2. The molecule has 0 spiro atoms. The first-order valence-electron chi connectivity index (χ1n) is 10.0. The first-order chi connectivity index (χ1) is 13.4. The molecular formula is C25H25BO2. The van der Waals surface area contributed by atoms with Crippen molar-refractivity contribution in [3.63, 3.8) is 0 Å². The first kappa shape index (κ1) is 17.7. The van der Waals surface area contributed by atoms with Crippen molar-refractivity contribution in [2.24, 2.45) is 0 Å². The fourth-order valence-electron chi connectivity index (χ4n) is 4.32. The molecule has 1 aliphatic heterocycles. The summed E-state index contributed by atoms with van der Waals surface area (Å²) in [4.78, 5) is 0. The molecule has 0 aliphatic carbocycles. The zero-order valence-corrected chi connectivity index (χ0v) is 17.0. The molecule has 1 heterocycles. The Bertz CT molecular complexity index is 1160. The number of hydrogen-bond donors (Lipinski definition) is 0. The van der Waals surface area contributed by atoms with E-state index in [1.807, 2.05) is 0 Å². The van der Waals surface area contributed by atoms with Gasteiger partial charge in [-0.25, -0.2) is 0 Å². The van der Waals surface area contributed by atoms with Crippen LogP contribution in [-0.4, -0.2) is 18.3 Å². The Labute approximate surface area is 166 Å². The van der Waals surface area contributed by atoms with Gasteiger partial charge < -0.3 is 9.31 Å². The summed E-state index contributed by atoms with van der Waals surface area (Å²) in [6.07, 6.45) is 0.754. The topological polar surface area (TPSA) is 18.5 Å². The lowest BCUT2D eigenvalue weighted by Gasteiger charge is -2.32. The highest BCUT2D eigenvalue weighted by Crippen LogP contribution is 2.39. The average Bonchev–Trinajstić information content (AvgIpc) is 2.88. The van der Waals surface area contributed by atoms with E-state index in [1.165, 1.54) is 37.9 Å². The van der Waals surface area contributed by atoms with Crippen LogP contribution in [0.15, 0.2) is 66.7 Å². The highest BCUT2D eigenvalue weighted by molar-refractivity contribution is 6.45. The van der Waals surface area contributed by atoms with Gasteiger partial charge in [-0.15, -0.1) is 0 Å². The fourth-order valence-corrected chi connectivity index (χ4v) is 4.32. The highest BCUT2D eigenvalue weighted by Gasteiger charge is 2.50. The molecule has 4 aromatic carbocycles. The molecule has 1 aliphatic rings. The summed E-state index contributed by atoms with van der Waals surface area (Å²) in [5, 5.41) is 7.81.